The summed E-state index contributed by atoms with van der Waals surface area (Å²) in [5.74, 6) is -0.357. The van der Waals surface area contributed by atoms with Crippen molar-refractivity contribution in [2.24, 2.45) is 5.10 Å². The van der Waals surface area contributed by atoms with Crippen LogP contribution in [0.2, 0.25) is 0 Å². The van der Waals surface area contributed by atoms with Crippen molar-refractivity contribution >= 4 is 22.6 Å². The number of fused-ring (bicyclic) bond motifs is 1. The Morgan fingerprint density at radius 2 is 1.88 bits per heavy atom. The third-order valence-corrected chi connectivity index (χ3v) is 3.47. The second-order valence-corrected chi connectivity index (χ2v) is 5.17. The van der Waals surface area contributed by atoms with Crippen molar-refractivity contribution in [3.8, 4) is 5.75 Å². The molecule has 0 fully saturated rings. The quantitative estimate of drug-likeness (QED) is 0.440. The number of hydrazone groups is 1. The zero-order valence-corrected chi connectivity index (χ0v) is 12.8. The van der Waals surface area contributed by atoms with Crippen LogP contribution in [0.1, 0.15) is 22.8 Å². The maximum atomic E-state index is 12.1. The Hall–Kier alpha value is -3.41. The van der Waals surface area contributed by atoms with Crippen LogP contribution in [-0.4, -0.2) is 16.7 Å². The van der Waals surface area contributed by atoms with E-state index in [2.05, 4.69) is 10.5 Å². The number of phenols is 1. The molecule has 1 amide bonds. The second kappa shape index (κ2) is 6.37. The lowest BCUT2D eigenvalue weighted by Gasteiger charge is -2.04. The summed E-state index contributed by atoms with van der Waals surface area (Å²) < 4.78 is 5.18. The van der Waals surface area contributed by atoms with Gasteiger partial charge in [0, 0.05) is 17.0 Å². The van der Waals surface area contributed by atoms with Gasteiger partial charge in [-0.25, -0.2) is 10.2 Å². The Labute approximate surface area is 137 Å². The molecule has 0 unspecified atom stereocenters. The van der Waals surface area contributed by atoms with Crippen LogP contribution in [-0.2, 0) is 0 Å². The third kappa shape index (κ3) is 3.17. The maximum absolute atomic E-state index is 12.1. The average molecular weight is 322 g/mol. The van der Waals surface area contributed by atoms with Crippen molar-refractivity contribution in [2.75, 3.05) is 0 Å². The lowest BCUT2D eigenvalue weighted by molar-refractivity contribution is 0.0955. The lowest BCUT2D eigenvalue weighted by atomic mass is 10.1. The molecule has 0 saturated carbocycles. The molecule has 6 heteroatoms. The average Bonchev–Trinajstić information content (AvgIpc) is 2.59. The summed E-state index contributed by atoms with van der Waals surface area (Å²) >= 11 is 0. The summed E-state index contributed by atoms with van der Waals surface area (Å²) in [5, 5.41) is 14.0. The van der Waals surface area contributed by atoms with Gasteiger partial charge >= 0.3 is 5.63 Å². The molecule has 2 aromatic carbocycles. The van der Waals surface area contributed by atoms with Crippen molar-refractivity contribution in [2.45, 2.75) is 6.92 Å². The first-order valence-electron chi connectivity index (χ1n) is 7.21. The van der Waals surface area contributed by atoms with E-state index >= 15 is 0 Å². The number of carbonyl (C=O) groups is 1. The fourth-order valence-electron chi connectivity index (χ4n) is 2.20. The highest BCUT2D eigenvalue weighted by Gasteiger charge is 2.10. The van der Waals surface area contributed by atoms with Gasteiger partial charge in [0.25, 0.3) is 5.91 Å². The molecule has 3 aromatic rings. The molecule has 6 nitrogen and oxygen atoms in total. The monoisotopic (exact) mass is 322 g/mol. The lowest BCUT2D eigenvalue weighted by Crippen LogP contribution is -2.21. The van der Waals surface area contributed by atoms with Crippen molar-refractivity contribution < 1.29 is 14.3 Å². The van der Waals surface area contributed by atoms with E-state index in [-0.39, 0.29) is 22.8 Å². The fourth-order valence-corrected chi connectivity index (χ4v) is 2.20. The summed E-state index contributed by atoms with van der Waals surface area (Å²) in [6.45, 7) is 1.60. The van der Waals surface area contributed by atoms with Gasteiger partial charge in [-0.05, 0) is 37.3 Å². The number of nitrogens with zero attached hydrogens (tertiary/aromatic N) is 1. The van der Waals surface area contributed by atoms with Gasteiger partial charge in [0.15, 0.2) is 0 Å². The zero-order chi connectivity index (χ0) is 17.1. The molecule has 0 spiro atoms. The number of carbonyl (C=O) groups excluding carboxylic acids is 1. The van der Waals surface area contributed by atoms with Crippen LogP contribution in [0, 0.1) is 0 Å². The SMILES string of the molecule is CC(=NNC(=O)c1ccccc1)c1cc2ccc(O)cc2oc1=O. The van der Waals surface area contributed by atoms with Crippen molar-refractivity contribution in [3.63, 3.8) is 0 Å². The van der Waals surface area contributed by atoms with E-state index in [4.69, 9.17) is 4.42 Å². The molecule has 0 atom stereocenters. The molecule has 0 aliphatic heterocycles. The molecule has 0 aliphatic carbocycles. The molecule has 0 aliphatic rings. The van der Waals surface area contributed by atoms with Gasteiger partial charge in [0.2, 0.25) is 0 Å². The number of hydrogen-bond donors (Lipinski definition) is 2. The largest absolute Gasteiger partial charge is 0.508 e. The van der Waals surface area contributed by atoms with Gasteiger partial charge in [-0.2, -0.15) is 5.10 Å². The van der Waals surface area contributed by atoms with E-state index in [0.717, 1.165) is 0 Å². The minimum Gasteiger partial charge on any atom is -0.508 e. The van der Waals surface area contributed by atoms with Crippen LogP contribution in [0.4, 0.5) is 0 Å². The number of nitrogens with one attached hydrogen (secondary N) is 1. The molecule has 120 valence electrons. The number of amides is 1. The van der Waals surface area contributed by atoms with Crippen LogP contribution in [0.5, 0.6) is 5.75 Å². The van der Waals surface area contributed by atoms with Crippen molar-refractivity contribution in [1.29, 1.82) is 0 Å². The standard InChI is InChI=1S/C18H14N2O4/c1-11(19-20-17(22)12-5-3-2-4-6-12)15-9-13-7-8-14(21)10-16(13)24-18(15)23/h2-10,21H,1H3,(H,20,22). The molecule has 1 heterocycles. The van der Waals surface area contributed by atoms with Gasteiger partial charge in [-0.15, -0.1) is 0 Å². The summed E-state index contributed by atoms with van der Waals surface area (Å²) in [7, 11) is 0. The van der Waals surface area contributed by atoms with E-state index in [1.54, 1.807) is 43.3 Å². The van der Waals surface area contributed by atoms with E-state index in [9.17, 15) is 14.7 Å². The Kier molecular flexibility index (Phi) is 4.11. The van der Waals surface area contributed by atoms with Crippen LogP contribution < -0.4 is 11.1 Å². The predicted molar refractivity (Wildman–Crippen MR) is 90.3 cm³/mol. The maximum Gasteiger partial charge on any atom is 0.345 e. The summed E-state index contributed by atoms with van der Waals surface area (Å²) in [6, 6.07) is 14.7. The number of phenolic OH excluding ortho intramolecular Hbond substituents is 1. The van der Waals surface area contributed by atoms with Crippen LogP contribution in [0.15, 0.2) is 68.9 Å². The van der Waals surface area contributed by atoms with Crippen LogP contribution in [0.25, 0.3) is 11.0 Å². The molecule has 0 radical (unpaired) electrons. The summed E-state index contributed by atoms with van der Waals surface area (Å²) in [6.07, 6.45) is 0. The van der Waals surface area contributed by atoms with Crippen molar-refractivity contribution in [3.05, 3.63) is 76.1 Å². The van der Waals surface area contributed by atoms with Gasteiger partial charge < -0.3 is 9.52 Å². The van der Waals surface area contributed by atoms with Gasteiger partial charge in [0.05, 0.1) is 11.3 Å². The molecule has 0 bridgehead atoms. The first-order valence-corrected chi connectivity index (χ1v) is 7.21. The molecule has 24 heavy (non-hydrogen) atoms. The summed E-state index contributed by atoms with van der Waals surface area (Å²) in [5.41, 5.74) is 3.13. The Morgan fingerprint density at radius 1 is 1.12 bits per heavy atom. The highest BCUT2D eigenvalue weighted by molar-refractivity contribution is 6.02. The van der Waals surface area contributed by atoms with Gasteiger partial charge in [-0.3, -0.25) is 4.79 Å². The molecular weight excluding hydrogens is 308 g/mol. The highest BCUT2D eigenvalue weighted by atomic mass is 16.4. The van der Waals surface area contributed by atoms with E-state index in [1.165, 1.54) is 12.1 Å². The smallest absolute Gasteiger partial charge is 0.345 e. The van der Waals surface area contributed by atoms with Gasteiger partial charge in [-0.1, -0.05) is 18.2 Å². The second-order valence-electron chi connectivity index (χ2n) is 5.17. The Morgan fingerprint density at radius 3 is 2.62 bits per heavy atom. The Balaban J connectivity index is 1.89. The van der Waals surface area contributed by atoms with Crippen molar-refractivity contribution in [1.82, 2.24) is 5.43 Å². The first-order chi connectivity index (χ1) is 11.5. The highest BCUT2D eigenvalue weighted by Crippen LogP contribution is 2.19. The first kappa shape index (κ1) is 15.5. The van der Waals surface area contributed by atoms with E-state index in [0.29, 0.717) is 16.7 Å². The summed E-state index contributed by atoms with van der Waals surface area (Å²) in [4.78, 5) is 24.0. The molecule has 3 rings (SSSR count). The van der Waals surface area contributed by atoms with Gasteiger partial charge in [0.1, 0.15) is 11.3 Å². The van der Waals surface area contributed by atoms with E-state index < -0.39 is 5.63 Å². The normalized spacial score (nSPS) is 11.5. The van der Waals surface area contributed by atoms with E-state index in [1.807, 2.05) is 6.07 Å². The fraction of sp³-hybridized carbons (Fsp3) is 0.0556. The zero-order valence-electron chi connectivity index (χ0n) is 12.8. The third-order valence-electron chi connectivity index (χ3n) is 3.47. The Bertz CT molecular complexity index is 991. The number of benzene rings is 2. The van der Waals surface area contributed by atoms with Crippen LogP contribution >= 0.6 is 0 Å². The number of aromatic hydroxyl groups is 1. The number of rotatable bonds is 3. The number of hydrogen-bond acceptors (Lipinski definition) is 5. The molecular formula is C18H14N2O4. The molecule has 0 saturated heterocycles. The minimum atomic E-state index is -0.594. The predicted octanol–water partition coefficient (Wildman–Crippen LogP) is 2.65. The minimum absolute atomic E-state index is 0.0129. The molecule has 1 aromatic heterocycles. The molecule has 2 N–H and O–H groups in total. The van der Waals surface area contributed by atoms with Crippen LogP contribution in [0.3, 0.4) is 0 Å². The topological polar surface area (TPSA) is 91.9 Å².